The van der Waals surface area contributed by atoms with Crippen molar-refractivity contribution in [1.29, 1.82) is 5.26 Å². The molecule has 0 bridgehead atoms. The van der Waals surface area contributed by atoms with Gasteiger partial charge in [-0.2, -0.15) is 5.26 Å². The van der Waals surface area contributed by atoms with Gasteiger partial charge in [0.1, 0.15) is 11.9 Å². The Hall–Kier alpha value is -2.82. The Balaban J connectivity index is 1.81. The number of aromatic nitrogens is 1. The normalized spacial score (nSPS) is 16.4. The van der Waals surface area contributed by atoms with Crippen molar-refractivity contribution in [3.8, 4) is 17.6 Å². The third-order valence-electron chi connectivity index (χ3n) is 5.53. The molecule has 4 rings (SSSR count). The largest absolute Gasteiger partial charge is 0.493 e. The Morgan fingerprint density at radius 2 is 1.80 bits per heavy atom. The quantitative estimate of drug-likeness (QED) is 0.616. The van der Waals surface area contributed by atoms with Crippen LogP contribution in [0.3, 0.4) is 0 Å². The molecule has 0 saturated carbocycles. The van der Waals surface area contributed by atoms with Crippen molar-refractivity contribution in [3.05, 3.63) is 57.7 Å². The first-order valence-electron chi connectivity index (χ1n) is 9.76. The zero-order valence-electron chi connectivity index (χ0n) is 17.2. The van der Waals surface area contributed by atoms with E-state index in [-0.39, 0.29) is 6.04 Å². The summed E-state index contributed by atoms with van der Waals surface area (Å²) in [4.78, 5) is 7.12. The number of pyridine rings is 1. The number of methoxy groups -OCH3 is 2. The van der Waals surface area contributed by atoms with Gasteiger partial charge in [0, 0.05) is 40.9 Å². The molecule has 3 aromatic rings. The molecule has 2 aromatic carbocycles. The number of fused-ring (bicyclic) bond motifs is 1. The van der Waals surface area contributed by atoms with Gasteiger partial charge in [-0.25, -0.2) is 4.98 Å². The molecule has 0 aliphatic carbocycles. The van der Waals surface area contributed by atoms with Crippen molar-refractivity contribution in [3.63, 3.8) is 0 Å². The first-order valence-corrected chi connectivity index (χ1v) is 10.5. The van der Waals surface area contributed by atoms with Gasteiger partial charge in [-0.3, -0.25) is 0 Å². The first kappa shape index (κ1) is 20.5. The molecule has 0 amide bonds. The van der Waals surface area contributed by atoms with Crippen molar-refractivity contribution in [1.82, 2.24) is 10.3 Å². The Morgan fingerprint density at radius 1 is 1.13 bits per heavy atom. The van der Waals surface area contributed by atoms with E-state index in [0.717, 1.165) is 40.7 Å². The lowest BCUT2D eigenvalue weighted by Crippen LogP contribution is -2.46. The molecule has 30 heavy (non-hydrogen) atoms. The number of hydrogen-bond donors (Lipinski definition) is 1. The van der Waals surface area contributed by atoms with Crippen molar-refractivity contribution in [2.45, 2.75) is 13.0 Å². The minimum Gasteiger partial charge on any atom is -0.493 e. The number of hydrogen-bond acceptors (Lipinski definition) is 6. The number of halogens is 1. The minimum absolute atomic E-state index is 0.194. The number of anilines is 1. The van der Waals surface area contributed by atoms with Crippen LogP contribution in [0.2, 0.25) is 0 Å². The molecule has 7 heteroatoms. The second-order valence-electron chi connectivity index (χ2n) is 7.26. The molecule has 1 aliphatic rings. The van der Waals surface area contributed by atoms with E-state index in [1.807, 2.05) is 19.1 Å². The molecular formula is C23H23BrN4O2. The molecule has 1 aliphatic heterocycles. The molecule has 1 unspecified atom stereocenters. The molecule has 0 spiro atoms. The van der Waals surface area contributed by atoms with Gasteiger partial charge in [-0.1, -0.05) is 28.1 Å². The van der Waals surface area contributed by atoms with E-state index in [9.17, 15) is 5.26 Å². The molecule has 1 fully saturated rings. The van der Waals surface area contributed by atoms with Crippen LogP contribution < -0.4 is 19.7 Å². The molecule has 1 atom stereocenters. The monoisotopic (exact) mass is 466 g/mol. The van der Waals surface area contributed by atoms with Gasteiger partial charge < -0.3 is 19.7 Å². The number of nitriles is 1. The number of piperazine rings is 1. The third kappa shape index (κ3) is 3.69. The maximum Gasteiger partial charge on any atom is 0.161 e. The van der Waals surface area contributed by atoms with E-state index >= 15 is 0 Å². The standard InChI is InChI=1S/C23H23BrN4O2/c1-14-19(12-25)17-10-21(29-2)22(30-3)11-18(17)23(27-14)28-9-8-26-20(13-28)15-4-6-16(24)7-5-15/h4-7,10-11,20,26H,8-9,13H2,1-3H3. The summed E-state index contributed by atoms with van der Waals surface area (Å²) in [5.41, 5.74) is 2.51. The lowest BCUT2D eigenvalue weighted by molar-refractivity contribution is 0.356. The highest BCUT2D eigenvalue weighted by Crippen LogP contribution is 2.38. The topological polar surface area (TPSA) is 70.4 Å². The number of rotatable bonds is 4. The van der Waals surface area contributed by atoms with Crippen LogP contribution in [-0.2, 0) is 0 Å². The van der Waals surface area contributed by atoms with Crippen LogP contribution in [0.25, 0.3) is 10.8 Å². The van der Waals surface area contributed by atoms with Gasteiger partial charge in [-0.15, -0.1) is 0 Å². The van der Waals surface area contributed by atoms with E-state index in [1.54, 1.807) is 14.2 Å². The summed E-state index contributed by atoms with van der Waals surface area (Å²) in [7, 11) is 3.22. The minimum atomic E-state index is 0.194. The van der Waals surface area contributed by atoms with E-state index in [1.165, 1.54) is 5.56 Å². The highest BCUT2D eigenvalue weighted by Gasteiger charge is 2.25. The summed E-state index contributed by atoms with van der Waals surface area (Å²) in [6.45, 7) is 4.33. The molecule has 6 nitrogen and oxygen atoms in total. The summed E-state index contributed by atoms with van der Waals surface area (Å²) >= 11 is 3.50. The SMILES string of the molecule is COc1cc2c(N3CCNC(c4ccc(Br)cc4)C3)nc(C)c(C#N)c2cc1OC. The number of ether oxygens (including phenoxy) is 2. The van der Waals surface area contributed by atoms with Crippen LogP contribution in [0.1, 0.15) is 22.9 Å². The molecule has 154 valence electrons. The fourth-order valence-corrected chi connectivity index (χ4v) is 4.25. The molecule has 0 radical (unpaired) electrons. The van der Waals surface area contributed by atoms with Crippen LogP contribution in [0.4, 0.5) is 5.82 Å². The Morgan fingerprint density at radius 3 is 2.43 bits per heavy atom. The number of aryl methyl sites for hydroxylation is 1. The zero-order chi connectivity index (χ0) is 21.3. The summed E-state index contributed by atoms with van der Waals surface area (Å²) in [6.07, 6.45) is 0. The van der Waals surface area contributed by atoms with Gasteiger partial charge >= 0.3 is 0 Å². The Bertz CT molecular complexity index is 1120. The Labute approximate surface area is 184 Å². The predicted octanol–water partition coefficient (Wildman–Crippen LogP) is 4.35. The van der Waals surface area contributed by atoms with Gasteiger partial charge in [0.25, 0.3) is 0 Å². The van der Waals surface area contributed by atoms with Crippen LogP contribution in [0.5, 0.6) is 11.5 Å². The van der Waals surface area contributed by atoms with E-state index in [4.69, 9.17) is 14.5 Å². The number of nitrogens with one attached hydrogen (secondary N) is 1. The van der Waals surface area contributed by atoms with Crippen molar-refractivity contribution >= 4 is 32.5 Å². The maximum absolute atomic E-state index is 9.73. The molecule has 2 heterocycles. The van der Waals surface area contributed by atoms with E-state index in [0.29, 0.717) is 22.8 Å². The van der Waals surface area contributed by atoms with Gasteiger partial charge in [0.05, 0.1) is 25.5 Å². The predicted molar refractivity (Wildman–Crippen MR) is 121 cm³/mol. The van der Waals surface area contributed by atoms with E-state index in [2.05, 4.69) is 56.5 Å². The maximum atomic E-state index is 9.73. The summed E-state index contributed by atoms with van der Waals surface area (Å²) in [5, 5.41) is 15.1. The van der Waals surface area contributed by atoms with Crippen LogP contribution in [-0.4, -0.2) is 38.8 Å². The summed E-state index contributed by atoms with van der Waals surface area (Å²) < 4.78 is 12.1. The highest BCUT2D eigenvalue weighted by atomic mass is 79.9. The van der Waals surface area contributed by atoms with Gasteiger partial charge in [0.2, 0.25) is 0 Å². The fourth-order valence-electron chi connectivity index (χ4n) is 3.98. The number of nitrogens with zero attached hydrogens (tertiary/aromatic N) is 3. The van der Waals surface area contributed by atoms with Gasteiger partial charge in [0.15, 0.2) is 11.5 Å². The molecule has 1 aromatic heterocycles. The molecule has 1 saturated heterocycles. The van der Waals surface area contributed by atoms with Crippen molar-refractivity contribution < 1.29 is 9.47 Å². The summed E-state index contributed by atoms with van der Waals surface area (Å²) in [5.74, 6) is 2.09. The lowest BCUT2D eigenvalue weighted by Gasteiger charge is -2.35. The second kappa shape index (κ2) is 8.50. The van der Waals surface area contributed by atoms with E-state index < -0.39 is 0 Å². The van der Waals surface area contributed by atoms with Crippen LogP contribution >= 0.6 is 15.9 Å². The fraction of sp³-hybridized carbons (Fsp3) is 0.304. The smallest absolute Gasteiger partial charge is 0.161 e. The van der Waals surface area contributed by atoms with Crippen LogP contribution in [0.15, 0.2) is 40.9 Å². The Kier molecular flexibility index (Phi) is 5.80. The average Bonchev–Trinajstić information content (AvgIpc) is 2.78. The first-order chi connectivity index (χ1) is 14.5. The van der Waals surface area contributed by atoms with Crippen molar-refractivity contribution in [2.75, 3.05) is 38.8 Å². The third-order valence-corrected chi connectivity index (χ3v) is 6.06. The number of benzene rings is 2. The van der Waals surface area contributed by atoms with Crippen LogP contribution in [0, 0.1) is 18.3 Å². The molecular weight excluding hydrogens is 444 g/mol. The molecule has 1 N–H and O–H groups in total. The summed E-state index contributed by atoms with van der Waals surface area (Å²) in [6, 6.07) is 14.7. The second-order valence-corrected chi connectivity index (χ2v) is 8.18. The lowest BCUT2D eigenvalue weighted by atomic mass is 10.0. The van der Waals surface area contributed by atoms with Gasteiger partial charge in [-0.05, 0) is 36.8 Å². The highest BCUT2D eigenvalue weighted by molar-refractivity contribution is 9.10. The average molecular weight is 467 g/mol. The zero-order valence-corrected chi connectivity index (χ0v) is 18.8. The van der Waals surface area contributed by atoms with Crippen molar-refractivity contribution in [2.24, 2.45) is 0 Å².